The summed E-state index contributed by atoms with van der Waals surface area (Å²) in [7, 11) is 0. The zero-order chi connectivity index (χ0) is 17.1. The van der Waals surface area contributed by atoms with E-state index >= 15 is 0 Å². The van der Waals surface area contributed by atoms with Crippen LogP contribution < -0.4 is 5.73 Å². The lowest BCUT2D eigenvalue weighted by atomic mass is 9.96. The number of carbonyl (C=O) groups excluding carboxylic acids is 1. The van der Waals surface area contributed by atoms with Crippen LogP contribution in [-0.4, -0.2) is 38.7 Å². The maximum Gasteiger partial charge on any atom is 0.253 e. The van der Waals surface area contributed by atoms with Gasteiger partial charge in [-0.25, -0.2) is 0 Å². The average Bonchev–Trinajstić information content (AvgIpc) is 3.11. The number of halogens is 1. The molecule has 1 aliphatic heterocycles. The first kappa shape index (κ1) is 19.4. The summed E-state index contributed by atoms with van der Waals surface area (Å²) in [5, 5.41) is 8.37. The number of carbonyl (C=O) groups is 1. The summed E-state index contributed by atoms with van der Waals surface area (Å²) < 4.78 is 2.11. The second kappa shape index (κ2) is 8.45. The molecule has 1 fully saturated rings. The first-order valence-electron chi connectivity index (χ1n) is 8.58. The Morgan fingerprint density at radius 3 is 2.68 bits per heavy atom. The van der Waals surface area contributed by atoms with Gasteiger partial charge >= 0.3 is 0 Å². The Hall–Kier alpha value is -1.92. The van der Waals surface area contributed by atoms with Gasteiger partial charge < -0.3 is 15.2 Å². The minimum Gasteiger partial charge on any atom is -0.338 e. The normalized spacial score (nSPS) is 17.4. The maximum atomic E-state index is 12.8. The van der Waals surface area contributed by atoms with Crippen molar-refractivity contribution in [3.8, 4) is 0 Å². The van der Waals surface area contributed by atoms with Crippen LogP contribution in [-0.2, 0) is 6.54 Å². The lowest BCUT2D eigenvalue weighted by molar-refractivity contribution is 0.0703. The van der Waals surface area contributed by atoms with Gasteiger partial charge in [-0.1, -0.05) is 12.1 Å². The van der Waals surface area contributed by atoms with Crippen molar-refractivity contribution >= 4 is 18.3 Å². The van der Waals surface area contributed by atoms with Crippen molar-refractivity contribution in [2.45, 2.75) is 45.2 Å². The second-order valence-electron chi connectivity index (χ2n) is 6.68. The first-order valence-corrected chi connectivity index (χ1v) is 8.58. The zero-order valence-corrected chi connectivity index (χ0v) is 15.6. The van der Waals surface area contributed by atoms with E-state index < -0.39 is 0 Å². The number of likely N-dealkylation sites (tertiary alicyclic amines) is 1. The van der Waals surface area contributed by atoms with Crippen LogP contribution in [0, 0.1) is 0 Å². The number of amides is 1. The summed E-state index contributed by atoms with van der Waals surface area (Å²) in [6.45, 7) is 6.23. The molecule has 1 amide bonds. The zero-order valence-electron chi connectivity index (χ0n) is 14.8. The van der Waals surface area contributed by atoms with E-state index in [1.165, 1.54) is 0 Å². The highest BCUT2D eigenvalue weighted by molar-refractivity contribution is 5.94. The summed E-state index contributed by atoms with van der Waals surface area (Å²) in [6, 6.07) is 7.90. The fourth-order valence-electron chi connectivity index (χ4n) is 3.28. The third-order valence-corrected chi connectivity index (χ3v) is 4.67. The lowest BCUT2D eigenvalue weighted by Crippen LogP contribution is -2.39. The van der Waals surface area contributed by atoms with Gasteiger partial charge in [0.05, 0.1) is 0 Å². The molecule has 1 aliphatic rings. The molecule has 2 aromatic rings. The number of nitrogens with zero attached hydrogens (tertiary/aromatic N) is 4. The summed E-state index contributed by atoms with van der Waals surface area (Å²) in [5.74, 6) is 1.32. The maximum absolute atomic E-state index is 12.8. The van der Waals surface area contributed by atoms with Crippen molar-refractivity contribution in [2.24, 2.45) is 5.73 Å². The third-order valence-electron chi connectivity index (χ3n) is 4.67. The quantitative estimate of drug-likeness (QED) is 0.906. The molecule has 3 rings (SSSR count). The second-order valence-corrected chi connectivity index (χ2v) is 6.68. The van der Waals surface area contributed by atoms with E-state index in [1.807, 2.05) is 29.2 Å². The number of aromatic nitrogens is 3. The van der Waals surface area contributed by atoms with E-state index in [2.05, 4.69) is 28.6 Å². The Morgan fingerprint density at radius 1 is 1.32 bits per heavy atom. The van der Waals surface area contributed by atoms with E-state index in [-0.39, 0.29) is 24.2 Å². The number of rotatable bonds is 4. The highest BCUT2D eigenvalue weighted by atomic mass is 35.5. The molecular weight excluding hydrogens is 338 g/mol. The molecule has 1 atom stereocenters. The van der Waals surface area contributed by atoms with Crippen LogP contribution in [0.15, 0.2) is 30.6 Å². The highest BCUT2D eigenvalue weighted by Crippen LogP contribution is 2.27. The minimum atomic E-state index is 0. The fraction of sp³-hybridized carbons (Fsp3) is 0.500. The number of benzene rings is 1. The SMILES string of the molecule is CC(C)n1cnnc1C1CCCN(C(=O)c2ccc(CN)cc2)C1.Cl. The third kappa shape index (κ3) is 4.19. The van der Waals surface area contributed by atoms with Gasteiger partial charge in [0.1, 0.15) is 12.2 Å². The topological polar surface area (TPSA) is 77.0 Å². The van der Waals surface area contributed by atoms with E-state index in [1.54, 1.807) is 6.33 Å². The number of hydrogen-bond donors (Lipinski definition) is 1. The summed E-state index contributed by atoms with van der Waals surface area (Å²) >= 11 is 0. The molecule has 1 saturated heterocycles. The average molecular weight is 364 g/mol. The molecule has 7 heteroatoms. The monoisotopic (exact) mass is 363 g/mol. The minimum absolute atomic E-state index is 0. The number of piperidine rings is 1. The molecule has 1 unspecified atom stereocenters. The Labute approximate surface area is 154 Å². The molecule has 0 radical (unpaired) electrons. The van der Waals surface area contributed by atoms with Crippen LogP contribution in [0.4, 0.5) is 0 Å². The molecule has 0 spiro atoms. The highest BCUT2D eigenvalue weighted by Gasteiger charge is 2.28. The van der Waals surface area contributed by atoms with E-state index in [0.29, 0.717) is 19.1 Å². The van der Waals surface area contributed by atoms with Crippen molar-refractivity contribution in [3.05, 3.63) is 47.5 Å². The van der Waals surface area contributed by atoms with Crippen LogP contribution in [0.2, 0.25) is 0 Å². The van der Waals surface area contributed by atoms with Crippen molar-refractivity contribution in [1.29, 1.82) is 0 Å². The lowest BCUT2D eigenvalue weighted by Gasteiger charge is -2.32. The fourth-order valence-corrected chi connectivity index (χ4v) is 3.28. The van der Waals surface area contributed by atoms with Gasteiger partial charge in [0.2, 0.25) is 0 Å². The summed E-state index contributed by atoms with van der Waals surface area (Å²) in [6.07, 6.45) is 3.82. The smallest absolute Gasteiger partial charge is 0.253 e. The summed E-state index contributed by atoms with van der Waals surface area (Å²) in [5.41, 5.74) is 7.37. The molecule has 25 heavy (non-hydrogen) atoms. The van der Waals surface area contributed by atoms with Crippen LogP contribution >= 0.6 is 12.4 Å². The van der Waals surface area contributed by atoms with Crippen molar-refractivity contribution in [1.82, 2.24) is 19.7 Å². The Morgan fingerprint density at radius 2 is 2.04 bits per heavy atom. The van der Waals surface area contributed by atoms with Crippen molar-refractivity contribution in [2.75, 3.05) is 13.1 Å². The van der Waals surface area contributed by atoms with E-state index in [9.17, 15) is 4.79 Å². The molecule has 0 bridgehead atoms. The van der Waals surface area contributed by atoms with Gasteiger partial charge in [0.25, 0.3) is 5.91 Å². The molecule has 1 aromatic heterocycles. The summed E-state index contributed by atoms with van der Waals surface area (Å²) in [4.78, 5) is 14.7. The van der Waals surface area contributed by atoms with E-state index in [4.69, 9.17) is 5.73 Å². The van der Waals surface area contributed by atoms with Gasteiger partial charge in [0.15, 0.2) is 0 Å². The largest absolute Gasteiger partial charge is 0.338 e. The van der Waals surface area contributed by atoms with Gasteiger partial charge in [-0.05, 0) is 44.4 Å². The predicted molar refractivity (Wildman–Crippen MR) is 99.9 cm³/mol. The molecule has 0 saturated carbocycles. The number of hydrogen-bond acceptors (Lipinski definition) is 4. The Bertz CT molecular complexity index is 698. The van der Waals surface area contributed by atoms with Gasteiger partial charge in [0, 0.05) is 37.2 Å². The molecule has 2 heterocycles. The molecule has 6 nitrogen and oxygen atoms in total. The molecule has 0 aliphatic carbocycles. The molecular formula is C18H26ClN5O. The number of nitrogens with two attached hydrogens (primary N) is 1. The van der Waals surface area contributed by atoms with E-state index in [0.717, 1.165) is 36.3 Å². The van der Waals surface area contributed by atoms with Crippen LogP contribution in [0.1, 0.15) is 60.4 Å². The van der Waals surface area contributed by atoms with Gasteiger partial charge in [-0.3, -0.25) is 4.79 Å². The van der Waals surface area contributed by atoms with Crippen LogP contribution in [0.25, 0.3) is 0 Å². The van der Waals surface area contributed by atoms with Crippen molar-refractivity contribution in [3.63, 3.8) is 0 Å². The Kier molecular flexibility index (Phi) is 6.56. The standard InChI is InChI=1S/C18H25N5O.ClH/c1-13(2)23-12-20-21-17(23)16-4-3-9-22(11-16)18(24)15-7-5-14(10-19)6-8-15;/h5-8,12-13,16H,3-4,9-11,19H2,1-2H3;1H. The van der Waals surface area contributed by atoms with Gasteiger partial charge in [-0.15, -0.1) is 22.6 Å². The predicted octanol–water partition coefficient (Wildman–Crippen LogP) is 2.76. The van der Waals surface area contributed by atoms with Crippen LogP contribution in [0.3, 0.4) is 0 Å². The van der Waals surface area contributed by atoms with Crippen LogP contribution in [0.5, 0.6) is 0 Å². The first-order chi connectivity index (χ1) is 11.6. The Balaban J connectivity index is 0.00000225. The molecule has 136 valence electrons. The molecule has 1 aromatic carbocycles. The molecule has 2 N–H and O–H groups in total. The van der Waals surface area contributed by atoms with Gasteiger partial charge in [-0.2, -0.15) is 0 Å². The van der Waals surface area contributed by atoms with Crippen molar-refractivity contribution < 1.29 is 4.79 Å².